The topological polar surface area (TPSA) is 78.5 Å². The lowest BCUT2D eigenvalue weighted by molar-refractivity contribution is -0.136. The maximum absolute atomic E-state index is 12.9. The van der Waals surface area contributed by atoms with Gasteiger partial charge in [-0.15, -0.1) is 0 Å². The van der Waals surface area contributed by atoms with E-state index in [-0.39, 0.29) is 18.4 Å². The average molecular weight is 381 g/mol. The molecule has 4 rings (SSSR count). The van der Waals surface area contributed by atoms with Crippen molar-refractivity contribution in [3.63, 3.8) is 0 Å². The summed E-state index contributed by atoms with van der Waals surface area (Å²) in [4.78, 5) is 38.4. The number of hydrogen-bond donors (Lipinski definition) is 2. The number of fused-ring (bicyclic) bond motifs is 1. The highest BCUT2D eigenvalue weighted by Crippen LogP contribution is 2.28. The van der Waals surface area contributed by atoms with E-state index in [0.29, 0.717) is 12.2 Å². The molecule has 28 heavy (non-hydrogen) atoms. The molecule has 144 valence electrons. The molecule has 1 saturated heterocycles. The summed E-state index contributed by atoms with van der Waals surface area (Å²) in [5.74, 6) is -2.09. The van der Waals surface area contributed by atoms with Crippen LogP contribution in [0.25, 0.3) is 0 Å². The number of halogens is 1. The van der Waals surface area contributed by atoms with Gasteiger partial charge in [0.1, 0.15) is 5.82 Å². The van der Waals surface area contributed by atoms with Crippen LogP contribution in [0.15, 0.2) is 48.5 Å². The van der Waals surface area contributed by atoms with Crippen molar-refractivity contribution in [2.45, 2.75) is 31.3 Å². The first-order valence-electron chi connectivity index (χ1n) is 9.23. The second kappa shape index (κ2) is 7.42. The van der Waals surface area contributed by atoms with E-state index in [4.69, 9.17) is 0 Å². The molecule has 7 heteroatoms. The van der Waals surface area contributed by atoms with Gasteiger partial charge >= 0.3 is 11.8 Å². The first-order chi connectivity index (χ1) is 13.5. The van der Waals surface area contributed by atoms with Gasteiger partial charge in [0.2, 0.25) is 5.91 Å². The minimum atomic E-state index is -0.842. The van der Waals surface area contributed by atoms with Gasteiger partial charge in [-0.2, -0.15) is 0 Å². The number of hydrogen-bond acceptors (Lipinski definition) is 3. The fourth-order valence-corrected chi connectivity index (χ4v) is 3.91. The lowest BCUT2D eigenvalue weighted by Gasteiger charge is -2.24. The number of likely N-dealkylation sites (tertiary alicyclic amines) is 1. The van der Waals surface area contributed by atoms with Crippen LogP contribution in [0.1, 0.15) is 17.5 Å². The maximum atomic E-state index is 12.9. The average Bonchev–Trinajstić information content (AvgIpc) is 3.26. The Morgan fingerprint density at radius 3 is 2.21 bits per heavy atom. The molecule has 1 aliphatic heterocycles. The third-order valence-electron chi connectivity index (χ3n) is 5.27. The van der Waals surface area contributed by atoms with Crippen LogP contribution in [-0.4, -0.2) is 41.2 Å². The fraction of sp³-hybridized carbons (Fsp3) is 0.286. The Morgan fingerprint density at radius 2 is 1.57 bits per heavy atom. The van der Waals surface area contributed by atoms with E-state index in [1.54, 1.807) is 0 Å². The Balaban J connectivity index is 1.32. The zero-order valence-electron chi connectivity index (χ0n) is 15.2. The van der Waals surface area contributed by atoms with Crippen molar-refractivity contribution in [1.29, 1.82) is 0 Å². The van der Waals surface area contributed by atoms with Gasteiger partial charge in [0.05, 0.1) is 6.04 Å². The van der Waals surface area contributed by atoms with E-state index in [2.05, 4.69) is 22.8 Å². The van der Waals surface area contributed by atoms with E-state index in [0.717, 1.165) is 12.8 Å². The number of benzene rings is 2. The lowest BCUT2D eigenvalue weighted by atomic mass is 10.1. The van der Waals surface area contributed by atoms with E-state index >= 15 is 0 Å². The van der Waals surface area contributed by atoms with E-state index < -0.39 is 23.7 Å². The van der Waals surface area contributed by atoms with Gasteiger partial charge in [0.25, 0.3) is 0 Å². The summed E-state index contributed by atoms with van der Waals surface area (Å²) in [6.07, 6.45) is 1.81. The normalized spacial score (nSPS) is 18.8. The monoisotopic (exact) mass is 381 g/mol. The number of nitrogens with one attached hydrogen (secondary N) is 2. The first kappa shape index (κ1) is 18.2. The van der Waals surface area contributed by atoms with Crippen LogP contribution >= 0.6 is 0 Å². The highest BCUT2D eigenvalue weighted by Gasteiger charge is 2.38. The number of amides is 3. The Hall–Kier alpha value is -3.22. The molecule has 3 amide bonds. The van der Waals surface area contributed by atoms with E-state index in [1.165, 1.54) is 35.4 Å². The van der Waals surface area contributed by atoms with E-state index in [1.807, 2.05) is 17.0 Å². The van der Waals surface area contributed by atoms with Crippen molar-refractivity contribution in [2.75, 3.05) is 11.9 Å². The Bertz CT molecular complexity index is 904. The van der Waals surface area contributed by atoms with Crippen LogP contribution in [0, 0.1) is 5.82 Å². The summed E-state index contributed by atoms with van der Waals surface area (Å²) >= 11 is 0. The fourth-order valence-electron chi connectivity index (χ4n) is 3.91. The second-order valence-corrected chi connectivity index (χ2v) is 7.21. The summed E-state index contributed by atoms with van der Waals surface area (Å²) < 4.78 is 12.9. The largest absolute Gasteiger partial charge is 0.343 e. The molecule has 6 nitrogen and oxygen atoms in total. The van der Waals surface area contributed by atoms with Crippen molar-refractivity contribution in [2.24, 2.45) is 0 Å². The molecule has 2 aromatic carbocycles. The molecule has 1 fully saturated rings. The predicted molar refractivity (Wildman–Crippen MR) is 101 cm³/mol. The quantitative estimate of drug-likeness (QED) is 0.794. The van der Waals surface area contributed by atoms with Crippen molar-refractivity contribution in [1.82, 2.24) is 10.2 Å². The van der Waals surface area contributed by atoms with Crippen molar-refractivity contribution < 1.29 is 18.8 Å². The summed E-state index contributed by atoms with van der Waals surface area (Å²) in [6.45, 7) is 0.396. The summed E-state index contributed by atoms with van der Waals surface area (Å²) in [5.41, 5.74) is 2.84. The van der Waals surface area contributed by atoms with Crippen LogP contribution in [0.5, 0.6) is 0 Å². The highest BCUT2D eigenvalue weighted by atomic mass is 19.1. The summed E-state index contributed by atoms with van der Waals surface area (Å²) in [6, 6.07) is 13.0. The third-order valence-corrected chi connectivity index (χ3v) is 5.27. The molecule has 1 heterocycles. The Morgan fingerprint density at radius 1 is 0.929 bits per heavy atom. The summed E-state index contributed by atoms with van der Waals surface area (Å²) in [7, 11) is 0. The summed E-state index contributed by atoms with van der Waals surface area (Å²) in [5, 5.41) is 5.04. The maximum Gasteiger partial charge on any atom is 0.313 e. The minimum absolute atomic E-state index is 0.0120. The molecule has 2 N–H and O–H groups in total. The zero-order chi connectivity index (χ0) is 19.7. The van der Waals surface area contributed by atoms with Crippen LogP contribution in [0.2, 0.25) is 0 Å². The van der Waals surface area contributed by atoms with Gasteiger partial charge < -0.3 is 15.5 Å². The molecule has 1 aliphatic carbocycles. The van der Waals surface area contributed by atoms with Gasteiger partial charge in [-0.05, 0) is 48.2 Å². The van der Waals surface area contributed by atoms with Crippen LogP contribution in [0.3, 0.4) is 0 Å². The molecular formula is C21H20FN3O3. The molecule has 0 radical (unpaired) electrons. The molecule has 0 saturated carbocycles. The standard InChI is InChI=1S/C21H20FN3O3/c22-15-5-7-16(8-6-15)23-20(27)21(28)24-17-11-19(26)25(12-17)18-9-13-3-1-2-4-14(13)10-18/h1-8,17-18H,9-12H2,(H,23,27)(H,24,28)/t17-/m1/s1. The van der Waals surface area contributed by atoms with Gasteiger partial charge in [-0.1, -0.05) is 24.3 Å². The number of anilines is 1. The third kappa shape index (κ3) is 3.74. The number of rotatable bonds is 3. The number of nitrogens with zero attached hydrogens (tertiary/aromatic N) is 1. The van der Waals surface area contributed by atoms with Crippen molar-refractivity contribution >= 4 is 23.4 Å². The van der Waals surface area contributed by atoms with Gasteiger partial charge in [-0.25, -0.2) is 4.39 Å². The second-order valence-electron chi connectivity index (χ2n) is 7.21. The molecular weight excluding hydrogens is 361 g/mol. The Labute approximate surface area is 161 Å². The van der Waals surface area contributed by atoms with Crippen LogP contribution in [0.4, 0.5) is 10.1 Å². The van der Waals surface area contributed by atoms with Crippen LogP contribution in [-0.2, 0) is 27.2 Å². The van der Waals surface area contributed by atoms with E-state index in [9.17, 15) is 18.8 Å². The molecule has 0 aromatic heterocycles. The molecule has 0 unspecified atom stereocenters. The van der Waals surface area contributed by atoms with Gasteiger partial charge in [0, 0.05) is 24.7 Å². The number of carbonyl (C=O) groups is 3. The predicted octanol–water partition coefficient (Wildman–Crippen LogP) is 1.65. The molecule has 0 bridgehead atoms. The van der Waals surface area contributed by atoms with Crippen molar-refractivity contribution in [3.05, 3.63) is 65.5 Å². The van der Waals surface area contributed by atoms with Gasteiger partial charge in [0.15, 0.2) is 0 Å². The Kier molecular flexibility index (Phi) is 4.81. The number of carbonyl (C=O) groups excluding carboxylic acids is 3. The molecule has 2 aliphatic rings. The lowest BCUT2D eigenvalue weighted by Crippen LogP contribution is -2.44. The van der Waals surface area contributed by atoms with Gasteiger partial charge in [-0.3, -0.25) is 14.4 Å². The minimum Gasteiger partial charge on any atom is -0.343 e. The smallest absolute Gasteiger partial charge is 0.313 e. The molecule has 1 atom stereocenters. The zero-order valence-corrected chi connectivity index (χ0v) is 15.2. The SMILES string of the molecule is O=C(Nc1ccc(F)cc1)C(=O)N[C@@H]1CC(=O)N(C2Cc3ccccc3C2)C1. The molecule has 2 aromatic rings. The van der Waals surface area contributed by atoms with Crippen molar-refractivity contribution in [3.8, 4) is 0 Å². The molecule has 0 spiro atoms. The first-order valence-corrected chi connectivity index (χ1v) is 9.23. The van der Waals surface area contributed by atoms with Crippen LogP contribution < -0.4 is 10.6 Å². The highest BCUT2D eigenvalue weighted by molar-refractivity contribution is 6.39.